The standard InChI is InChI=1S/C22H20FO2/c1-25-22-12-4-17(5-13-22)15-19(18-6-10-21(24)11-7-18)14-16-2-8-20(23)9-3-16/h2-13,15,19,24H,14H2,1H3. The fourth-order valence-corrected chi connectivity index (χ4v) is 2.82. The monoisotopic (exact) mass is 335 g/mol. The van der Waals surface area contributed by atoms with Gasteiger partial charge in [-0.3, -0.25) is 0 Å². The summed E-state index contributed by atoms with van der Waals surface area (Å²) in [4.78, 5) is 0. The topological polar surface area (TPSA) is 29.5 Å². The summed E-state index contributed by atoms with van der Waals surface area (Å²) in [6.45, 7) is 0. The molecule has 3 rings (SSSR count). The number of halogens is 1. The van der Waals surface area contributed by atoms with E-state index >= 15 is 0 Å². The molecule has 0 aliphatic heterocycles. The summed E-state index contributed by atoms with van der Waals surface area (Å²) in [7, 11) is 1.65. The Morgan fingerprint density at radius 1 is 0.920 bits per heavy atom. The number of phenols is 1. The highest BCUT2D eigenvalue weighted by Gasteiger charge is 2.14. The molecule has 0 aliphatic carbocycles. The molecule has 25 heavy (non-hydrogen) atoms. The molecule has 3 aromatic carbocycles. The molecule has 1 radical (unpaired) electrons. The quantitative estimate of drug-likeness (QED) is 0.677. The lowest BCUT2D eigenvalue weighted by Crippen LogP contribution is -2.05. The van der Waals surface area contributed by atoms with Crippen LogP contribution in [0.25, 0.3) is 0 Å². The maximum Gasteiger partial charge on any atom is 0.123 e. The number of methoxy groups -OCH3 is 1. The van der Waals surface area contributed by atoms with Gasteiger partial charge in [0.25, 0.3) is 0 Å². The third-order valence-corrected chi connectivity index (χ3v) is 4.20. The van der Waals surface area contributed by atoms with Crippen LogP contribution in [-0.2, 0) is 6.42 Å². The first-order chi connectivity index (χ1) is 12.1. The van der Waals surface area contributed by atoms with E-state index in [1.165, 1.54) is 12.1 Å². The smallest absolute Gasteiger partial charge is 0.123 e. The SMILES string of the molecule is COc1ccc([CH]C(Cc2ccc(F)cc2)c2ccc(O)cc2)cc1. The van der Waals surface area contributed by atoms with Crippen LogP contribution < -0.4 is 4.74 Å². The van der Waals surface area contributed by atoms with Crippen LogP contribution in [0, 0.1) is 12.2 Å². The maximum absolute atomic E-state index is 13.2. The fraction of sp³-hybridized carbons (Fsp3) is 0.136. The van der Waals surface area contributed by atoms with E-state index in [1.807, 2.05) is 48.5 Å². The molecular weight excluding hydrogens is 315 g/mol. The van der Waals surface area contributed by atoms with Crippen molar-refractivity contribution in [3.05, 3.63) is 102 Å². The van der Waals surface area contributed by atoms with Crippen LogP contribution in [0.1, 0.15) is 22.6 Å². The summed E-state index contributed by atoms with van der Waals surface area (Å²) in [5, 5.41) is 9.54. The molecule has 1 N–H and O–H groups in total. The molecule has 0 amide bonds. The van der Waals surface area contributed by atoms with Gasteiger partial charge in [-0.1, -0.05) is 36.4 Å². The van der Waals surface area contributed by atoms with Crippen LogP contribution in [0.2, 0.25) is 0 Å². The summed E-state index contributed by atoms with van der Waals surface area (Å²) >= 11 is 0. The van der Waals surface area contributed by atoms with E-state index in [0.29, 0.717) is 0 Å². The Morgan fingerprint density at radius 2 is 1.56 bits per heavy atom. The number of ether oxygens (including phenoxy) is 1. The molecule has 0 saturated carbocycles. The third-order valence-electron chi connectivity index (χ3n) is 4.20. The number of phenolic OH excluding ortho intramolecular Hbond substituents is 1. The van der Waals surface area contributed by atoms with Gasteiger partial charge in [0.15, 0.2) is 0 Å². The fourth-order valence-electron chi connectivity index (χ4n) is 2.82. The Labute approximate surface area is 147 Å². The molecule has 3 heteroatoms. The van der Waals surface area contributed by atoms with Crippen molar-refractivity contribution in [1.82, 2.24) is 0 Å². The van der Waals surface area contributed by atoms with Gasteiger partial charge in [-0.25, -0.2) is 4.39 Å². The number of hydrogen-bond donors (Lipinski definition) is 1. The van der Waals surface area contributed by atoms with E-state index in [4.69, 9.17) is 4.74 Å². The lowest BCUT2D eigenvalue weighted by Gasteiger charge is -2.18. The Bertz CT molecular complexity index is 793. The van der Waals surface area contributed by atoms with Gasteiger partial charge in [0, 0.05) is 0 Å². The second-order valence-corrected chi connectivity index (χ2v) is 5.97. The van der Waals surface area contributed by atoms with E-state index in [0.717, 1.165) is 28.9 Å². The average Bonchev–Trinajstić information content (AvgIpc) is 2.64. The summed E-state index contributed by atoms with van der Waals surface area (Å²) in [6.07, 6.45) is 2.92. The van der Waals surface area contributed by atoms with Gasteiger partial charge in [0.2, 0.25) is 0 Å². The zero-order chi connectivity index (χ0) is 17.6. The van der Waals surface area contributed by atoms with Crippen molar-refractivity contribution in [3.63, 3.8) is 0 Å². The van der Waals surface area contributed by atoms with Crippen LogP contribution in [0.15, 0.2) is 72.8 Å². The maximum atomic E-state index is 13.2. The summed E-state index contributed by atoms with van der Waals surface area (Å²) < 4.78 is 18.4. The summed E-state index contributed by atoms with van der Waals surface area (Å²) in [6, 6.07) is 21.7. The van der Waals surface area contributed by atoms with Crippen molar-refractivity contribution in [3.8, 4) is 11.5 Å². The van der Waals surface area contributed by atoms with Crippen LogP contribution in [0.4, 0.5) is 4.39 Å². The number of aromatic hydroxyl groups is 1. The second kappa shape index (κ2) is 7.84. The first-order valence-electron chi connectivity index (χ1n) is 8.16. The highest BCUT2D eigenvalue weighted by molar-refractivity contribution is 5.38. The van der Waals surface area contributed by atoms with Crippen molar-refractivity contribution in [2.24, 2.45) is 0 Å². The Hall–Kier alpha value is -2.81. The molecule has 0 heterocycles. The highest BCUT2D eigenvalue weighted by Crippen LogP contribution is 2.29. The summed E-state index contributed by atoms with van der Waals surface area (Å²) in [5.74, 6) is 0.939. The molecule has 3 aromatic rings. The molecule has 127 valence electrons. The minimum absolute atomic E-state index is 0.111. The van der Waals surface area contributed by atoms with Gasteiger partial charge in [0.05, 0.1) is 7.11 Å². The average molecular weight is 335 g/mol. The summed E-state index contributed by atoms with van der Waals surface area (Å²) in [5.41, 5.74) is 3.24. The Morgan fingerprint density at radius 3 is 2.16 bits per heavy atom. The van der Waals surface area contributed by atoms with Gasteiger partial charge < -0.3 is 9.84 Å². The molecular formula is C22H20FO2. The molecule has 0 spiro atoms. The van der Waals surface area contributed by atoms with Crippen molar-refractivity contribution in [2.45, 2.75) is 12.3 Å². The zero-order valence-corrected chi connectivity index (χ0v) is 14.0. The van der Waals surface area contributed by atoms with Crippen LogP contribution in [0.5, 0.6) is 11.5 Å². The van der Waals surface area contributed by atoms with Gasteiger partial charge in [-0.05, 0) is 71.8 Å². The molecule has 0 fully saturated rings. The van der Waals surface area contributed by atoms with Crippen LogP contribution in [-0.4, -0.2) is 12.2 Å². The van der Waals surface area contributed by atoms with E-state index in [2.05, 4.69) is 6.42 Å². The molecule has 0 aliphatic rings. The minimum atomic E-state index is -0.232. The third kappa shape index (κ3) is 4.60. The first kappa shape index (κ1) is 17.0. The molecule has 1 atom stereocenters. The predicted molar refractivity (Wildman–Crippen MR) is 97.3 cm³/mol. The second-order valence-electron chi connectivity index (χ2n) is 5.97. The van der Waals surface area contributed by atoms with E-state index in [1.54, 1.807) is 19.2 Å². The number of benzene rings is 3. The van der Waals surface area contributed by atoms with Gasteiger partial charge in [0.1, 0.15) is 17.3 Å². The van der Waals surface area contributed by atoms with Crippen molar-refractivity contribution in [1.29, 1.82) is 0 Å². The minimum Gasteiger partial charge on any atom is -0.508 e. The lowest BCUT2D eigenvalue weighted by atomic mass is 9.86. The Kier molecular flexibility index (Phi) is 5.34. The largest absolute Gasteiger partial charge is 0.508 e. The first-order valence-corrected chi connectivity index (χ1v) is 8.16. The van der Waals surface area contributed by atoms with Gasteiger partial charge >= 0.3 is 0 Å². The molecule has 1 unspecified atom stereocenters. The van der Waals surface area contributed by atoms with E-state index < -0.39 is 0 Å². The zero-order valence-electron chi connectivity index (χ0n) is 14.0. The highest BCUT2D eigenvalue weighted by atomic mass is 19.1. The van der Waals surface area contributed by atoms with E-state index in [-0.39, 0.29) is 17.5 Å². The number of hydrogen-bond acceptors (Lipinski definition) is 2. The predicted octanol–water partition coefficient (Wildman–Crippen LogP) is 5.12. The Balaban J connectivity index is 1.84. The normalized spacial score (nSPS) is 11.9. The molecule has 0 saturated heterocycles. The van der Waals surface area contributed by atoms with Gasteiger partial charge in [-0.2, -0.15) is 0 Å². The van der Waals surface area contributed by atoms with Gasteiger partial charge in [-0.15, -0.1) is 0 Å². The number of rotatable bonds is 6. The van der Waals surface area contributed by atoms with Crippen molar-refractivity contribution >= 4 is 0 Å². The van der Waals surface area contributed by atoms with E-state index in [9.17, 15) is 9.50 Å². The lowest BCUT2D eigenvalue weighted by molar-refractivity contribution is 0.414. The van der Waals surface area contributed by atoms with Crippen LogP contribution >= 0.6 is 0 Å². The van der Waals surface area contributed by atoms with Crippen molar-refractivity contribution in [2.75, 3.05) is 7.11 Å². The molecule has 0 aromatic heterocycles. The molecule has 0 bridgehead atoms. The van der Waals surface area contributed by atoms with Crippen LogP contribution in [0.3, 0.4) is 0 Å². The van der Waals surface area contributed by atoms with Crippen molar-refractivity contribution < 1.29 is 14.2 Å². The molecule has 2 nitrogen and oxygen atoms in total.